The first-order valence-corrected chi connectivity index (χ1v) is 8.16. The third-order valence-corrected chi connectivity index (χ3v) is 4.09. The summed E-state index contributed by atoms with van der Waals surface area (Å²) in [6, 6.07) is 13.8. The lowest BCUT2D eigenvalue weighted by Crippen LogP contribution is -2.41. The third-order valence-electron chi connectivity index (χ3n) is 3.09. The van der Waals surface area contributed by atoms with Gasteiger partial charge in [-0.15, -0.1) is 0 Å². The highest BCUT2D eigenvalue weighted by atomic mass is 32.2. The molecular formula is C14H18N2O2S. The van der Waals surface area contributed by atoms with E-state index in [4.69, 9.17) is 5.84 Å². The minimum absolute atomic E-state index is 0.0344. The molecule has 0 aliphatic carbocycles. The molecular weight excluding hydrogens is 260 g/mol. The maximum atomic E-state index is 11.4. The van der Waals surface area contributed by atoms with E-state index in [1.165, 1.54) is 6.26 Å². The second kappa shape index (κ2) is 5.69. The van der Waals surface area contributed by atoms with Crippen molar-refractivity contribution in [2.45, 2.75) is 12.5 Å². The van der Waals surface area contributed by atoms with Crippen LogP contribution in [0.1, 0.15) is 5.56 Å². The molecule has 0 saturated heterocycles. The Morgan fingerprint density at radius 1 is 1.16 bits per heavy atom. The van der Waals surface area contributed by atoms with Crippen LogP contribution in [0.4, 0.5) is 0 Å². The van der Waals surface area contributed by atoms with Gasteiger partial charge in [0.05, 0.1) is 5.75 Å². The maximum absolute atomic E-state index is 11.4. The van der Waals surface area contributed by atoms with Crippen LogP contribution < -0.4 is 11.3 Å². The van der Waals surface area contributed by atoms with Gasteiger partial charge in [0.2, 0.25) is 0 Å². The van der Waals surface area contributed by atoms with E-state index in [9.17, 15) is 8.42 Å². The van der Waals surface area contributed by atoms with Crippen molar-refractivity contribution in [3.63, 3.8) is 0 Å². The van der Waals surface area contributed by atoms with Gasteiger partial charge in [-0.1, -0.05) is 42.5 Å². The quantitative estimate of drug-likeness (QED) is 0.638. The number of benzene rings is 2. The van der Waals surface area contributed by atoms with E-state index in [2.05, 4.69) is 5.43 Å². The zero-order valence-electron chi connectivity index (χ0n) is 10.8. The second-order valence-electron chi connectivity index (χ2n) is 4.80. The van der Waals surface area contributed by atoms with Crippen LogP contribution in [0.3, 0.4) is 0 Å². The first-order chi connectivity index (χ1) is 8.99. The van der Waals surface area contributed by atoms with Crippen molar-refractivity contribution in [2.75, 3.05) is 12.0 Å². The highest BCUT2D eigenvalue weighted by Crippen LogP contribution is 2.19. The number of fused-ring (bicyclic) bond motifs is 1. The van der Waals surface area contributed by atoms with Gasteiger partial charge in [-0.3, -0.25) is 11.3 Å². The molecule has 0 saturated carbocycles. The molecule has 2 aromatic rings. The second-order valence-corrected chi connectivity index (χ2v) is 6.98. The predicted octanol–water partition coefficient (Wildman–Crippen LogP) is 1.26. The Labute approximate surface area is 113 Å². The highest BCUT2D eigenvalue weighted by molar-refractivity contribution is 7.90. The SMILES string of the molecule is CS(=O)(=O)CC(Cc1cccc2ccccc12)NN. The van der Waals surface area contributed by atoms with Crippen molar-refractivity contribution < 1.29 is 8.42 Å². The van der Waals surface area contributed by atoms with E-state index in [1.54, 1.807) is 0 Å². The van der Waals surface area contributed by atoms with Gasteiger partial charge < -0.3 is 0 Å². The van der Waals surface area contributed by atoms with Crippen LogP contribution in [0.2, 0.25) is 0 Å². The Kier molecular flexibility index (Phi) is 4.19. The zero-order chi connectivity index (χ0) is 13.9. The Balaban J connectivity index is 2.29. The molecule has 0 radical (unpaired) electrons. The van der Waals surface area contributed by atoms with Crippen LogP contribution in [-0.4, -0.2) is 26.5 Å². The monoisotopic (exact) mass is 278 g/mol. The molecule has 0 amide bonds. The molecule has 19 heavy (non-hydrogen) atoms. The molecule has 0 heterocycles. The molecule has 3 N–H and O–H groups in total. The minimum atomic E-state index is -3.05. The van der Waals surface area contributed by atoms with E-state index < -0.39 is 9.84 Å². The molecule has 0 spiro atoms. The lowest BCUT2D eigenvalue weighted by Gasteiger charge is -2.16. The van der Waals surface area contributed by atoms with E-state index in [0.29, 0.717) is 6.42 Å². The van der Waals surface area contributed by atoms with E-state index in [0.717, 1.165) is 16.3 Å². The third kappa shape index (κ3) is 3.76. The smallest absolute Gasteiger partial charge is 0.149 e. The van der Waals surface area contributed by atoms with Crippen LogP contribution in [-0.2, 0) is 16.3 Å². The first kappa shape index (κ1) is 14.0. The molecule has 5 heteroatoms. The zero-order valence-corrected chi connectivity index (χ0v) is 11.7. The lowest BCUT2D eigenvalue weighted by molar-refractivity contribution is 0.547. The predicted molar refractivity (Wildman–Crippen MR) is 78.5 cm³/mol. The molecule has 1 atom stereocenters. The van der Waals surface area contributed by atoms with E-state index in [1.807, 2.05) is 42.5 Å². The van der Waals surface area contributed by atoms with Gasteiger partial charge in [0.15, 0.2) is 0 Å². The van der Waals surface area contributed by atoms with Crippen molar-refractivity contribution in [1.82, 2.24) is 5.43 Å². The summed E-state index contributed by atoms with van der Waals surface area (Å²) >= 11 is 0. The molecule has 0 aromatic heterocycles. The molecule has 2 rings (SSSR count). The average Bonchev–Trinajstić information content (AvgIpc) is 2.37. The summed E-state index contributed by atoms with van der Waals surface area (Å²) in [4.78, 5) is 0. The fourth-order valence-electron chi connectivity index (χ4n) is 2.27. The number of rotatable bonds is 5. The van der Waals surface area contributed by atoms with Gasteiger partial charge in [0, 0.05) is 12.3 Å². The van der Waals surface area contributed by atoms with Crippen molar-refractivity contribution in [3.8, 4) is 0 Å². The summed E-state index contributed by atoms with van der Waals surface area (Å²) in [6.07, 6.45) is 1.81. The Hall–Kier alpha value is -1.43. The van der Waals surface area contributed by atoms with E-state index in [-0.39, 0.29) is 11.8 Å². The maximum Gasteiger partial charge on any atom is 0.149 e. The fourth-order valence-corrected chi connectivity index (χ4v) is 3.21. The normalized spacial score (nSPS) is 13.6. The largest absolute Gasteiger partial charge is 0.271 e. The van der Waals surface area contributed by atoms with Gasteiger partial charge in [0.25, 0.3) is 0 Å². The fraction of sp³-hybridized carbons (Fsp3) is 0.286. The molecule has 1 unspecified atom stereocenters. The summed E-state index contributed by atoms with van der Waals surface area (Å²) < 4.78 is 22.7. The Morgan fingerprint density at radius 3 is 2.53 bits per heavy atom. The number of hydrazine groups is 1. The standard InChI is InChI=1S/C14H18N2O2S/c1-19(17,18)10-13(16-15)9-12-7-4-6-11-5-2-3-8-14(11)12/h2-8,13,16H,9-10,15H2,1H3. The average molecular weight is 278 g/mol. The Morgan fingerprint density at radius 2 is 1.84 bits per heavy atom. The van der Waals surface area contributed by atoms with Crippen LogP contribution in [0.5, 0.6) is 0 Å². The van der Waals surface area contributed by atoms with Crippen LogP contribution in [0, 0.1) is 0 Å². The van der Waals surface area contributed by atoms with Crippen LogP contribution >= 0.6 is 0 Å². The summed E-state index contributed by atoms with van der Waals surface area (Å²) in [5.74, 6) is 5.49. The molecule has 2 aromatic carbocycles. The summed E-state index contributed by atoms with van der Waals surface area (Å²) in [7, 11) is -3.05. The molecule has 0 aliphatic heterocycles. The summed E-state index contributed by atoms with van der Waals surface area (Å²) in [5, 5.41) is 2.29. The number of sulfone groups is 1. The number of nitrogens with one attached hydrogen (secondary N) is 1. The minimum Gasteiger partial charge on any atom is -0.271 e. The van der Waals surface area contributed by atoms with Crippen molar-refractivity contribution in [1.29, 1.82) is 0 Å². The van der Waals surface area contributed by atoms with Gasteiger partial charge >= 0.3 is 0 Å². The molecule has 0 bridgehead atoms. The summed E-state index contributed by atoms with van der Waals surface area (Å²) in [6.45, 7) is 0. The topological polar surface area (TPSA) is 72.2 Å². The van der Waals surface area contributed by atoms with Gasteiger partial charge in [-0.2, -0.15) is 0 Å². The molecule has 4 nitrogen and oxygen atoms in total. The summed E-state index contributed by atoms with van der Waals surface area (Å²) in [5.41, 5.74) is 3.69. The number of hydrogen-bond donors (Lipinski definition) is 2. The number of hydrogen-bond acceptors (Lipinski definition) is 4. The molecule has 102 valence electrons. The van der Waals surface area contributed by atoms with Gasteiger partial charge in [-0.25, -0.2) is 8.42 Å². The van der Waals surface area contributed by atoms with E-state index >= 15 is 0 Å². The van der Waals surface area contributed by atoms with Crippen molar-refractivity contribution in [3.05, 3.63) is 48.0 Å². The molecule has 0 fully saturated rings. The molecule has 0 aliphatic rings. The lowest BCUT2D eigenvalue weighted by atomic mass is 10.00. The number of nitrogens with two attached hydrogens (primary N) is 1. The Bertz CT molecular complexity index is 663. The first-order valence-electron chi connectivity index (χ1n) is 6.10. The van der Waals surface area contributed by atoms with Gasteiger partial charge in [0.1, 0.15) is 9.84 Å². The van der Waals surface area contributed by atoms with Gasteiger partial charge in [-0.05, 0) is 22.8 Å². The van der Waals surface area contributed by atoms with Crippen LogP contribution in [0.15, 0.2) is 42.5 Å². The highest BCUT2D eigenvalue weighted by Gasteiger charge is 2.15. The van der Waals surface area contributed by atoms with Crippen molar-refractivity contribution >= 4 is 20.6 Å². The van der Waals surface area contributed by atoms with Crippen LogP contribution in [0.25, 0.3) is 10.8 Å². The van der Waals surface area contributed by atoms with Crippen molar-refractivity contribution in [2.24, 2.45) is 5.84 Å².